The van der Waals surface area contributed by atoms with Crippen LogP contribution in [0.2, 0.25) is 0 Å². The van der Waals surface area contributed by atoms with Crippen LogP contribution in [-0.4, -0.2) is 87.6 Å². The number of ether oxygens (including phenoxy) is 2. The van der Waals surface area contributed by atoms with Crippen molar-refractivity contribution < 1.29 is 14.6 Å². The highest BCUT2D eigenvalue weighted by atomic mass is 16.5. The number of hydrogen-bond donors (Lipinski definition) is 2. The number of nitrogens with zero attached hydrogens (tertiary/aromatic N) is 2. The van der Waals surface area contributed by atoms with E-state index >= 15 is 0 Å². The van der Waals surface area contributed by atoms with Crippen LogP contribution in [0.3, 0.4) is 0 Å². The summed E-state index contributed by atoms with van der Waals surface area (Å²) in [5.74, 6) is 1.89. The summed E-state index contributed by atoms with van der Waals surface area (Å²) in [5.41, 5.74) is 4.70. The van der Waals surface area contributed by atoms with Gasteiger partial charge in [0.1, 0.15) is 11.5 Å². The van der Waals surface area contributed by atoms with Gasteiger partial charge in [0.25, 0.3) is 0 Å². The van der Waals surface area contributed by atoms with E-state index in [1.165, 1.54) is 11.1 Å². The Morgan fingerprint density at radius 1 is 0.941 bits per heavy atom. The largest absolute Gasteiger partial charge is 0.493 e. The highest BCUT2D eigenvalue weighted by Crippen LogP contribution is 2.35. The van der Waals surface area contributed by atoms with Crippen molar-refractivity contribution in [2.75, 3.05) is 66.6 Å². The predicted molar refractivity (Wildman–Crippen MR) is 140 cm³/mol. The van der Waals surface area contributed by atoms with Crippen molar-refractivity contribution in [3.05, 3.63) is 47.5 Å². The third kappa shape index (κ3) is 7.98. The number of hydrogen-bond acceptors (Lipinski definition) is 6. The number of aliphatic hydroxyl groups excluding tert-OH is 1. The fraction of sp³-hybridized carbons (Fsp3) is 0.571. The number of aliphatic hydroxyl groups is 1. The summed E-state index contributed by atoms with van der Waals surface area (Å²) in [6.07, 6.45) is 2.67. The standard InChI is InChI=1S/C28H43N3O3/c1-22-25(9-5-11-27(22)33-19-7-14-29-15-18-30(3)4)26-10-6-12-28(23(26)2)34-20-8-16-31-17-13-24(32)21-31/h5-6,9-12,24,29,32H,7-8,13-21H2,1-4H3. The predicted octanol–water partition coefficient (Wildman–Crippen LogP) is 3.73. The quantitative estimate of drug-likeness (QED) is 0.411. The lowest BCUT2D eigenvalue weighted by molar-refractivity contribution is 0.173. The van der Waals surface area contributed by atoms with Crippen molar-refractivity contribution in [3.8, 4) is 22.6 Å². The summed E-state index contributed by atoms with van der Waals surface area (Å²) in [6.45, 7) is 11.4. The topological polar surface area (TPSA) is 57.2 Å². The molecule has 1 fully saturated rings. The molecule has 2 N–H and O–H groups in total. The first-order valence-electron chi connectivity index (χ1n) is 12.7. The molecule has 1 aliphatic rings. The molecule has 6 heteroatoms. The minimum Gasteiger partial charge on any atom is -0.493 e. The molecule has 3 rings (SSSR count). The van der Waals surface area contributed by atoms with Crippen LogP contribution in [0.5, 0.6) is 11.5 Å². The van der Waals surface area contributed by atoms with E-state index in [-0.39, 0.29) is 6.10 Å². The van der Waals surface area contributed by atoms with E-state index < -0.39 is 0 Å². The van der Waals surface area contributed by atoms with Crippen LogP contribution in [0.4, 0.5) is 0 Å². The first-order valence-corrected chi connectivity index (χ1v) is 12.7. The van der Waals surface area contributed by atoms with E-state index in [2.05, 4.69) is 79.5 Å². The second kappa shape index (κ2) is 13.7. The monoisotopic (exact) mass is 469 g/mol. The number of β-amino-alcohol motifs (C(OH)–C–C–N with tert-alkyl or cyclic N) is 1. The molecule has 0 saturated carbocycles. The lowest BCUT2D eigenvalue weighted by atomic mass is 9.95. The molecule has 2 aromatic rings. The maximum absolute atomic E-state index is 9.67. The third-order valence-electron chi connectivity index (χ3n) is 6.47. The molecule has 1 saturated heterocycles. The molecule has 34 heavy (non-hydrogen) atoms. The Labute approximate surface area is 205 Å². The minimum atomic E-state index is -0.160. The molecule has 1 aliphatic heterocycles. The van der Waals surface area contributed by atoms with Gasteiger partial charge in [-0.25, -0.2) is 0 Å². The van der Waals surface area contributed by atoms with Crippen LogP contribution in [0.15, 0.2) is 36.4 Å². The van der Waals surface area contributed by atoms with Gasteiger partial charge in [-0.2, -0.15) is 0 Å². The van der Waals surface area contributed by atoms with Gasteiger partial charge in [0, 0.05) is 32.7 Å². The smallest absolute Gasteiger partial charge is 0.122 e. The fourth-order valence-electron chi connectivity index (χ4n) is 4.42. The van der Waals surface area contributed by atoms with Crippen molar-refractivity contribution in [1.29, 1.82) is 0 Å². The Morgan fingerprint density at radius 3 is 2.12 bits per heavy atom. The van der Waals surface area contributed by atoms with E-state index in [0.717, 1.165) is 81.2 Å². The molecule has 0 bridgehead atoms. The van der Waals surface area contributed by atoms with Gasteiger partial charge in [-0.1, -0.05) is 24.3 Å². The van der Waals surface area contributed by atoms with Crippen LogP contribution in [0.1, 0.15) is 30.4 Å². The summed E-state index contributed by atoms with van der Waals surface area (Å²) >= 11 is 0. The second-order valence-corrected chi connectivity index (χ2v) is 9.56. The van der Waals surface area contributed by atoms with Crippen LogP contribution in [0.25, 0.3) is 11.1 Å². The van der Waals surface area contributed by atoms with Crippen LogP contribution in [-0.2, 0) is 0 Å². The van der Waals surface area contributed by atoms with E-state index in [9.17, 15) is 5.11 Å². The molecule has 6 nitrogen and oxygen atoms in total. The average molecular weight is 470 g/mol. The van der Waals surface area contributed by atoms with Gasteiger partial charge in [-0.3, -0.25) is 0 Å². The van der Waals surface area contributed by atoms with Crippen LogP contribution >= 0.6 is 0 Å². The second-order valence-electron chi connectivity index (χ2n) is 9.56. The summed E-state index contributed by atoms with van der Waals surface area (Å²) in [6, 6.07) is 12.6. The number of likely N-dealkylation sites (tertiary alicyclic amines) is 1. The van der Waals surface area contributed by atoms with E-state index in [4.69, 9.17) is 9.47 Å². The van der Waals surface area contributed by atoms with Gasteiger partial charge >= 0.3 is 0 Å². The molecule has 1 heterocycles. The Balaban J connectivity index is 1.52. The van der Waals surface area contributed by atoms with Gasteiger partial charge in [-0.15, -0.1) is 0 Å². The normalized spacial score (nSPS) is 16.4. The minimum absolute atomic E-state index is 0.160. The molecule has 0 aliphatic carbocycles. The molecule has 1 atom stereocenters. The molecule has 2 aromatic carbocycles. The van der Waals surface area contributed by atoms with E-state index in [0.29, 0.717) is 13.2 Å². The molecule has 0 radical (unpaired) electrons. The van der Waals surface area contributed by atoms with Gasteiger partial charge in [-0.05, 0) is 88.1 Å². The maximum Gasteiger partial charge on any atom is 0.122 e. The molecular formula is C28H43N3O3. The Morgan fingerprint density at radius 2 is 1.56 bits per heavy atom. The summed E-state index contributed by atoms with van der Waals surface area (Å²) in [4.78, 5) is 4.49. The van der Waals surface area contributed by atoms with E-state index in [1.54, 1.807) is 0 Å². The Kier molecular flexibility index (Phi) is 10.7. The molecule has 0 aromatic heterocycles. The molecule has 188 valence electrons. The number of likely N-dealkylation sites (N-methyl/N-ethyl adjacent to an activating group) is 1. The number of rotatable bonds is 14. The van der Waals surface area contributed by atoms with Gasteiger partial charge < -0.3 is 29.7 Å². The summed E-state index contributed by atoms with van der Waals surface area (Å²) in [5, 5.41) is 13.1. The summed E-state index contributed by atoms with van der Waals surface area (Å²) < 4.78 is 12.3. The number of nitrogens with one attached hydrogen (secondary N) is 1. The van der Waals surface area contributed by atoms with Gasteiger partial charge in [0.05, 0.1) is 19.3 Å². The van der Waals surface area contributed by atoms with Gasteiger partial charge in [0.2, 0.25) is 0 Å². The molecule has 1 unspecified atom stereocenters. The zero-order chi connectivity index (χ0) is 24.3. The van der Waals surface area contributed by atoms with Crippen molar-refractivity contribution in [2.24, 2.45) is 0 Å². The van der Waals surface area contributed by atoms with Crippen molar-refractivity contribution in [1.82, 2.24) is 15.1 Å². The van der Waals surface area contributed by atoms with Crippen LogP contribution < -0.4 is 14.8 Å². The lowest BCUT2D eigenvalue weighted by Gasteiger charge is -2.18. The van der Waals surface area contributed by atoms with Crippen molar-refractivity contribution in [3.63, 3.8) is 0 Å². The SMILES string of the molecule is Cc1c(OCCCNCCN(C)C)cccc1-c1cccc(OCCCN2CCC(O)C2)c1C. The van der Waals surface area contributed by atoms with Crippen LogP contribution in [0, 0.1) is 13.8 Å². The molecule has 0 spiro atoms. The zero-order valence-electron chi connectivity index (χ0n) is 21.5. The molecular weight excluding hydrogens is 426 g/mol. The Hall–Kier alpha value is -2.12. The highest BCUT2D eigenvalue weighted by molar-refractivity contribution is 5.74. The highest BCUT2D eigenvalue weighted by Gasteiger charge is 2.19. The van der Waals surface area contributed by atoms with E-state index in [1.807, 2.05) is 0 Å². The summed E-state index contributed by atoms with van der Waals surface area (Å²) in [7, 11) is 4.18. The first kappa shape index (κ1) is 26.5. The van der Waals surface area contributed by atoms with Crippen molar-refractivity contribution >= 4 is 0 Å². The number of benzene rings is 2. The molecule has 0 amide bonds. The average Bonchev–Trinajstić information content (AvgIpc) is 3.23. The third-order valence-corrected chi connectivity index (χ3v) is 6.47. The van der Waals surface area contributed by atoms with Gasteiger partial charge in [0.15, 0.2) is 0 Å². The maximum atomic E-state index is 9.67. The lowest BCUT2D eigenvalue weighted by Crippen LogP contribution is -2.27. The first-order chi connectivity index (χ1) is 16.5. The Bertz CT molecular complexity index is 887. The fourth-order valence-corrected chi connectivity index (χ4v) is 4.42. The van der Waals surface area contributed by atoms with Crippen molar-refractivity contribution in [2.45, 2.75) is 39.2 Å². The zero-order valence-corrected chi connectivity index (χ0v) is 21.5.